The Morgan fingerprint density at radius 2 is 1.93 bits per heavy atom. The second-order valence-corrected chi connectivity index (χ2v) is 7.24. The van der Waals surface area contributed by atoms with Crippen LogP contribution in [-0.2, 0) is 22.6 Å². The van der Waals surface area contributed by atoms with Crippen LogP contribution < -0.4 is 5.32 Å². The maximum atomic E-state index is 12.7. The second kappa shape index (κ2) is 9.71. The van der Waals surface area contributed by atoms with E-state index in [-0.39, 0.29) is 5.91 Å². The Morgan fingerprint density at radius 1 is 1.21 bits per heavy atom. The van der Waals surface area contributed by atoms with E-state index in [9.17, 15) is 9.59 Å². The summed E-state index contributed by atoms with van der Waals surface area (Å²) in [6.45, 7) is 10.3. The van der Waals surface area contributed by atoms with Crippen LogP contribution in [0.5, 0.6) is 0 Å². The Balaban J connectivity index is 1.63. The zero-order chi connectivity index (χ0) is 20.8. The van der Waals surface area contributed by atoms with Crippen molar-refractivity contribution in [2.75, 3.05) is 32.9 Å². The summed E-state index contributed by atoms with van der Waals surface area (Å²) in [4.78, 5) is 30.2. The van der Waals surface area contributed by atoms with E-state index in [2.05, 4.69) is 27.3 Å². The Labute approximate surface area is 171 Å². The van der Waals surface area contributed by atoms with Gasteiger partial charge in [-0.2, -0.15) is 0 Å². The van der Waals surface area contributed by atoms with Crippen LogP contribution in [0.4, 0.5) is 0 Å². The molecule has 0 saturated carbocycles. The molecule has 1 aliphatic rings. The van der Waals surface area contributed by atoms with Gasteiger partial charge in [0.2, 0.25) is 0 Å². The summed E-state index contributed by atoms with van der Waals surface area (Å²) >= 11 is 0. The number of carbonyl (C=O) groups excluding carboxylic acids is 2. The number of amides is 1. The third kappa shape index (κ3) is 5.25. The number of hydrogen-bond donors (Lipinski definition) is 2. The van der Waals surface area contributed by atoms with Gasteiger partial charge in [-0.25, -0.2) is 4.79 Å². The number of ether oxygens (including phenoxy) is 2. The van der Waals surface area contributed by atoms with Crippen molar-refractivity contribution in [3.05, 3.63) is 57.9 Å². The van der Waals surface area contributed by atoms with Gasteiger partial charge in [-0.3, -0.25) is 9.69 Å². The van der Waals surface area contributed by atoms with Crippen LogP contribution >= 0.6 is 0 Å². The molecule has 0 aliphatic carbocycles. The molecule has 1 fully saturated rings. The van der Waals surface area contributed by atoms with Crippen molar-refractivity contribution in [3.63, 3.8) is 0 Å². The van der Waals surface area contributed by atoms with Crippen LogP contribution in [-0.4, -0.2) is 54.7 Å². The van der Waals surface area contributed by atoms with Crippen LogP contribution in [0.1, 0.15) is 50.2 Å². The fourth-order valence-corrected chi connectivity index (χ4v) is 3.61. The van der Waals surface area contributed by atoms with Gasteiger partial charge in [-0.05, 0) is 37.5 Å². The molecule has 2 N–H and O–H groups in total. The molecule has 2 aromatic rings. The number of aromatic amines is 1. The number of rotatable bonds is 7. The summed E-state index contributed by atoms with van der Waals surface area (Å²) < 4.78 is 10.5. The Morgan fingerprint density at radius 3 is 2.66 bits per heavy atom. The lowest BCUT2D eigenvalue weighted by Gasteiger charge is -2.26. The second-order valence-electron chi connectivity index (χ2n) is 7.24. The van der Waals surface area contributed by atoms with Gasteiger partial charge in [0.1, 0.15) is 5.69 Å². The van der Waals surface area contributed by atoms with Crippen molar-refractivity contribution in [3.8, 4) is 0 Å². The van der Waals surface area contributed by atoms with Crippen molar-refractivity contribution in [2.24, 2.45) is 0 Å². The predicted octanol–water partition coefficient (Wildman–Crippen LogP) is 2.57. The van der Waals surface area contributed by atoms with Crippen LogP contribution in [0.2, 0.25) is 0 Å². The Hall–Kier alpha value is -2.64. The van der Waals surface area contributed by atoms with E-state index in [0.717, 1.165) is 38.4 Å². The minimum atomic E-state index is -0.409. The number of benzene rings is 1. The third-order valence-electron chi connectivity index (χ3n) is 5.10. The SMILES string of the molecule is CCOC(=O)c1c(C)[nH]c(C(=O)NCc2cccc(CN3CCOCC3)c2)c1C. The Kier molecular flexibility index (Phi) is 7.06. The summed E-state index contributed by atoms with van der Waals surface area (Å²) in [6.07, 6.45) is 0. The first-order valence-corrected chi connectivity index (χ1v) is 10.0. The van der Waals surface area contributed by atoms with Gasteiger partial charge in [0.05, 0.1) is 25.4 Å². The zero-order valence-electron chi connectivity index (χ0n) is 17.3. The minimum Gasteiger partial charge on any atom is -0.462 e. The summed E-state index contributed by atoms with van der Waals surface area (Å²) in [5.74, 6) is -0.645. The first kappa shape index (κ1) is 21.1. The third-order valence-corrected chi connectivity index (χ3v) is 5.10. The fraction of sp³-hybridized carbons (Fsp3) is 0.455. The molecule has 0 atom stereocenters. The summed E-state index contributed by atoms with van der Waals surface area (Å²) in [7, 11) is 0. The Bertz CT molecular complexity index is 869. The molecular formula is C22H29N3O4. The highest BCUT2D eigenvalue weighted by Crippen LogP contribution is 2.19. The standard InChI is InChI=1S/C22H29N3O4/c1-4-29-22(27)19-15(2)20(24-16(19)3)21(26)23-13-17-6-5-7-18(12-17)14-25-8-10-28-11-9-25/h5-7,12,24H,4,8-11,13-14H2,1-3H3,(H,23,26). The zero-order valence-corrected chi connectivity index (χ0v) is 17.3. The molecule has 1 amide bonds. The molecule has 0 bridgehead atoms. The number of aryl methyl sites for hydroxylation is 1. The van der Waals surface area contributed by atoms with Crippen molar-refractivity contribution < 1.29 is 19.1 Å². The summed E-state index contributed by atoms with van der Waals surface area (Å²) in [5, 5.41) is 2.94. The largest absolute Gasteiger partial charge is 0.462 e. The molecular weight excluding hydrogens is 370 g/mol. The first-order chi connectivity index (χ1) is 14.0. The molecule has 3 rings (SSSR count). The van der Waals surface area contributed by atoms with Gasteiger partial charge < -0.3 is 19.8 Å². The molecule has 2 heterocycles. The monoisotopic (exact) mass is 399 g/mol. The lowest BCUT2D eigenvalue weighted by atomic mass is 10.1. The molecule has 0 unspecified atom stereocenters. The molecule has 0 radical (unpaired) electrons. The van der Waals surface area contributed by atoms with Crippen LogP contribution in [0.25, 0.3) is 0 Å². The van der Waals surface area contributed by atoms with Gasteiger partial charge in [0.15, 0.2) is 0 Å². The molecule has 1 aromatic carbocycles. The fourth-order valence-electron chi connectivity index (χ4n) is 3.61. The van der Waals surface area contributed by atoms with E-state index >= 15 is 0 Å². The molecule has 29 heavy (non-hydrogen) atoms. The molecule has 156 valence electrons. The minimum absolute atomic E-state index is 0.236. The molecule has 1 saturated heterocycles. The number of hydrogen-bond acceptors (Lipinski definition) is 5. The van der Waals surface area contributed by atoms with Crippen molar-refractivity contribution in [1.29, 1.82) is 0 Å². The van der Waals surface area contributed by atoms with Crippen LogP contribution in [0.15, 0.2) is 24.3 Å². The lowest BCUT2D eigenvalue weighted by molar-refractivity contribution is 0.0342. The average molecular weight is 399 g/mol. The smallest absolute Gasteiger partial charge is 0.340 e. The molecule has 1 aliphatic heterocycles. The van der Waals surface area contributed by atoms with E-state index in [1.54, 1.807) is 20.8 Å². The number of H-pyrrole nitrogens is 1. The molecule has 1 aromatic heterocycles. The number of carbonyl (C=O) groups is 2. The number of nitrogens with zero attached hydrogens (tertiary/aromatic N) is 1. The predicted molar refractivity (Wildman–Crippen MR) is 110 cm³/mol. The molecule has 7 nitrogen and oxygen atoms in total. The van der Waals surface area contributed by atoms with Gasteiger partial charge in [0, 0.05) is 31.9 Å². The van der Waals surface area contributed by atoms with Gasteiger partial charge >= 0.3 is 5.97 Å². The highest BCUT2D eigenvalue weighted by molar-refractivity contribution is 6.00. The van der Waals surface area contributed by atoms with Crippen molar-refractivity contribution in [2.45, 2.75) is 33.9 Å². The number of morpholine rings is 1. The van der Waals surface area contributed by atoms with Gasteiger partial charge in [0.25, 0.3) is 5.91 Å². The van der Waals surface area contributed by atoms with E-state index in [0.29, 0.717) is 35.7 Å². The molecule has 0 spiro atoms. The number of esters is 1. The lowest BCUT2D eigenvalue weighted by Crippen LogP contribution is -2.35. The van der Waals surface area contributed by atoms with E-state index < -0.39 is 5.97 Å². The normalized spacial score (nSPS) is 14.6. The van der Waals surface area contributed by atoms with E-state index in [1.165, 1.54) is 5.56 Å². The maximum absolute atomic E-state index is 12.7. The first-order valence-electron chi connectivity index (χ1n) is 10.0. The summed E-state index contributed by atoms with van der Waals surface area (Å²) in [6, 6.07) is 8.23. The average Bonchev–Trinajstić information content (AvgIpc) is 3.01. The topological polar surface area (TPSA) is 83.7 Å². The van der Waals surface area contributed by atoms with Gasteiger partial charge in [-0.1, -0.05) is 24.3 Å². The highest BCUT2D eigenvalue weighted by atomic mass is 16.5. The quantitative estimate of drug-likeness (QED) is 0.699. The van der Waals surface area contributed by atoms with Crippen LogP contribution in [0.3, 0.4) is 0 Å². The van der Waals surface area contributed by atoms with Crippen LogP contribution in [0, 0.1) is 13.8 Å². The van der Waals surface area contributed by atoms with E-state index in [1.807, 2.05) is 12.1 Å². The van der Waals surface area contributed by atoms with Crippen molar-refractivity contribution >= 4 is 11.9 Å². The number of nitrogens with one attached hydrogen (secondary N) is 2. The highest BCUT2D eigenvalue weighted by Gasteiger charge is 2.22. The van der Waals surface area contributed by atoms with Gasteiger partial charge in [-0.15, -0.1) is 0 Å². The number of aromatic nitrogens is 1. The summed E-state index contributed by atoms with van der Waals surface area (Å²) in [5.41, 5.74) is 4.34. The van der Waals surface area contributed by atoms with Crippen molar-refractivity contribution in [1.82, 2.24) is 15.2 Å². The molecule has 7 heteroatoms. The maximum Gasteiger partial charge on any atom is 0.340 e. The van der Waals surface area contributed by atoms with E-state index in [4.69, 9.17) is 9.47 Å².